The molecule has 0 aromatic carbocycles. The SMILES string of the molecule is CC/C=C\C/C=C\C/C=C\C/C=C\CCC(=O)OCC(COCCCCCCCCCC/C=C\C/C=C\CCCCC)OC(=O)CCCCCCCCCCCCCCC. The number of rotatable bonds is 46. The molecule has 0 bridgehead atoms. The molecule has 346 valence electrons. The molecule has 0 aromatic rings. The molecule has 1 atom stereocenters. The molecule has 5 heteroatoms. The van der Waals surface area contributed by atoms with Crippen LogP contribution in [0.15, 0.2) is 72.9 Å². The Hall–Kier alpha value is -2.66. The molecule has 0 rings (SSSR count). The summed E-state index contributed by atoms with van der Waals surface area (Å²) in [6.45, 7) is 7.61. The molecule has 60 heavy (non-hydrogen) atoms. The van der Waals surface area contributed by atoms with Crippen LogP contribution in [-0.2, 0) is 23.8 Å². The fourth-order valence-corrected chi connectivity index (χ4v) is 6.97. The molecule has 0 heterocycles. The molecular formula is C55H96O5. The Balaban J connectivity index is 4.33. The molecule has 0 amide bonds. The molecule has 5 nitrogen and oxygen atoms in total. The Morgan fingerprint density at radius 3 is 1.30 bits per heavy atom. The average molecular weight is 837 g/mol. The van der Waals surface area contributed by atoms with Gasteiger partial charge in [0.05, 0.1) is 6.61 Å². The van der Waals surface area contributed by atoms with Gasteiger partial charge in [0, 0.05) is 19.4 Å². The maximum Gasteiger partial charge on any atom is 0.306 e. The van der Waals surface area contributed by atoms with Crippen LogP contribution in [0.25, 0.3) is 0 Å². The van der Waals surface area contributed by atoms with E-state index in [1.807, 2.05) is 6.08 Å². The number of carbonyl (C=O) groups excluding carboxylic acids is 2. The van der Waals surface area contributed by atoms with Crippen LogP contribution in [0, 0.1) is 0 Å². The summed E-state index contributed by atoms with van der Waals surface area (Å²) in [5.41, 5.74) is 0. The van der Waals surface area contributed by atoms with E-state index < -0.39 is 6.10 Å². The quantitative estimate of drug-likeness (QED) is 0.0347. The second-order valence-electron chi connectivity index (χ2n) is 16.7. The van der Waals surface area contributed by atoms with E-state index in [9.17, 15) is 9.59 Å². The first-order valence-corrected chi connectivity index (χ1v) is 25.5. The molecule has 0 saturated carbocycles. The van der Waals surface area contributed by atoms with Crippen LogP contribution in [0.1, 0.15) is 239 Å². The second kappa shape index (κ2) is 50.7. The van der Waals surface area contributed by atoms with E-state index >= 15 is 0 Å². The predicted molar refractivity (Wildman–Crippen MR) is 260 cm³/mol. The number of ether oxygens (including phenoxy) is 3. The topological polar surface area (TPSA) is 61.8 Å². The van der Waals surface area contributed by atoms with Gasteiger partial charge in [-0.25, -0.2) is 0 Å². The highest BCUT2D eigenvalue weighted by Gasteiger charge is 2.17. The molecule has 0 radical (unpaired) electrons. The third-order valence-electron chi connectivity index (χ3n) is 10.7. The van der Waals surface area contributed by atoms with E-state index in [0.717, 1.165) is 57.8 Å². The number of carbonyl (C=O) groups is 2. The molecule has 0 aliphatic heterocycles. The molecule has 0 fully saturated rings. The van der Waals surface area contributed by atoms with Gasteiger partial charge in [-0.2, -0.15) is 0 Å². The lowest BCUT2D eigenvalue weighted by molar-refractivity contribution is -0.162. The summed E-state index contributed by atoms with van der Waals surface area (Å²) >= 11 is 0. The smallest absolute Gasteiger partial charge is 0.306 e. The Morgan fingerprint density at radius 2 is 0.783 bits per heavy atom. The van der Waals surface area contributed by atoms with Crippen molar-refractivity contribution in [3.63, 3.8) is 0 Å². The van der Waals surface area contributed by atoms with Crippen molar-refractivity contribution in [2.75, 3.05) is 19.8 Å². The van der Waals surface area contributed by atoms with Crippen molar-refractivity contribution in [2.45, 2.75) is 245 Å². The van der Waals surface area contributed by atoms with Crippen molar-refractivity contribution in [1.29, 1.82) is 0 Å². The van der Waals surface area contributed by atoms with E-state index in [4.69, 9.17) is 14.2 Å². The van der Waals surface area contributed by atoms with E-state index in [1.165, 1.54) is 141 Å². The summed E-state index contributed by atoms with van der Waals surface area (Å²) in [6, 6.07) is 0. The lowest BCUT2D eigenvalue weighted by Gasteiger charge is -2.18. The maximum absolute atomic E-state index is 12.8. The fourth-order valence-electron chi connectivity index (χ4n) is 6.97. The minimum absolute atomic E-state index is 0.0450. The van der Waals surface area contributed by atoms with Gasteiger partial charge in [0.15, 0.2) is 6.10 Å². The highest BCUT2D eigenvalue weighted by Crippen LogP contribution is 2.14. The van der Waals surface area contributed by atoms with E-state index in [1.54, 1.807) is 0 Å². The first-order valence-electron chi connectivity index (χ1n) is 25.5. The highest BCUT2D eigenvalue weighted by molar-refractivity contribution is 5.70. The van der Waals surface area contributed by atoms with Crippen LogP contribution in [-0.4, -0.2) is 37.9 Å². The third kappa shape index (κ3) is 48.0. The summed E-state index contributed by atoms with van der Waals surface area (Å²) < 4.78 is 17.3. The number of hydrogen-bond donors (Lipinski definition) is 0. The van der Waals surface area contributed by atoms with Crippen LogP contribution in [0.3, 0.4) is 0 Å². The summed E-state index contributed by atoms with van der Waals surface area (Å²) in [4.78, 5) is 25.3. The van der Waals surface area contributed by atoms with Crippen LogP contribution in [0.5, 0.6) is 0 Å². The predicted octanol–water partition coefficient (Wildman–Crippen LogP) is 17.1. The van der Waals surface area contributed by atoms with Crippen LogP contribution in [0.4, 0.5) is 0 Å². The monoisotopic (exact) mass is 837 g/mol. The lowest BCUT2D eigenvalue weighted by atomic mass is 10.0. The van der Waals surface area contributed by atoms with Gasteiger partial charge in [0.2, 0.25) is 0 Å². The summed E-state index contributed by atoms with van der Waals surface area (Å²) in [6.07, 6.45) is 64.9. The van der Waals surface area contributed by atoms with Crippen LogP contribution >= 0.6 is 0 Å². The van der Waals surface area contributed by atoms with E-state index in [2.05, 4.69) is 87.6 Å². The van der Waals surface area contributed by atoms with Crippen LogP contribution < -0.4 is 0 Å². The number of hydrogen-bond acceptors (Lipinski definition) is 5. The van der Waals surface area contributed by atoms with Crippen LogP contribution in [0.2, 0.25) is 0 Å². The number of esters is 2. The second-order valence-corrected chi connectivity index (χ2v) is 16.7. The first kappa shape index (κ1) is 57.3. The highest BCUT2D eigenvalue weighted by atomic mass is 16.6. The van der Waals surface area contributed by atoms with E-state index in [-0.39, 0.29) is 25.2 Å². The van der Waals surface area contributed by atoms with Gasteiger partial charge in [-0.15, -0.1) is 0 Å². The largest absolute Gasteiger partial charge is 0.462 e. The standard InChI is InChI=1S/C55H96O5/c1-4-7-10-13-16-19-22-25-26-27-28-29-32-35-38-41-44-47-50-58-51-53(60-55(57)49-46-43-40-37-34-31-24-21-18-15-12-9-6-3)52-59-54(56)48-45-42-39-36-33-30-23-20-17-14-11-8-5-2/h8,11,16-17,19-20,25-26,30,33,39,42,53H,4-7,9-10,12-15,18,21-24,27-29,31-32,34-38,40-41,43-52H2,1-3H3/b11-8-,19-16-,20-17-,26-25-,33-30-,42-39-. The van der Waals surface area contributed by atoms with Gasteiger partial charge < -0.3 is 14.2 Å². The van der Waals surface area contributed by atoms with Crippen molar-refractivity contribution in [2.24, 2.45) is 0 Å². The molecule has 0 saturated heterocycles. The molecule has 0 aliphatic rings. The van der Waals surface area contributed by atoms with Gasteiger partial charge in [0.1, 0.15) is 6.61 Å². The minimum atomic E-state index is -0.567. The summed E-state index contributed by atoms with van der Waals surface area (Å²) in [5, 5.41) is 0. The zero-order valence-corrected chi connectivity index (χ0v) is 39.7. The Morgan fingerprint density at radius 1 is 0.383 bits per heavy atom. The van der Waals surface area contributed by atoms with E-state index in [0.29, 0.717) is 25.9 Å². The Kier molecular flexibility index (Phi) is 48.4. The van der Waals surface area contributed by atoms with Crippen molar-refractivity contribution >= 4 is 11.9 Å². The summed E-state index contributed by atoms with van der Waals surface area (Å²) in [5.74, 6) is -0.490. The van der Waals surface area contributed by atoms with Crippen molar-refractivity contribution in [1.82, 2.24) is 0 Å². The van der Waals surface area contributed by atoms with Crippen molar-refractivity contribution in [3.05, 3.63) is 72.9 Å². The lowest BCUT2D eigenvalue weighted by Crippen LogP contribution is -2.30. The zero-order valence-electron chi connectivity index (χ0n) is 39.7. The zero-order chi connectivity index (χ0) is 43.5. The fraction of sp³-hybridized carbons (Fsp3) is 0.745. The third-order valence-corrected chi connectivity index (χ3v) is 10.7. The van der Waals surface area contributed by atoms with Gasteiger partial charge in [-0.3, -0.25) is 9.59 Å². The maximum atomic E-state index is 12.8. The Labute approximate surface area is 372 Å². The van der Waals surface area contributed by atoms with Gasteiger partial charge in [-0.1, -0.05) is 222 Å². The minimum Gasteiger partial charge on any atom is -0.462 e. The first-order chi connectivity index (χ1) is 29.6. The summed E-state index contributed by atoms with van der Waals surface area (Å²) in [7, 11) is 0. The van der Waals surface area contributed by atoms with Gasteiger partial charge >= 0.3 is 11.9 Å². The van der Waals surface area contributed by atoms with Gasteiger partial charge in [-0.05, 0) is 77.0 Å². The normalized spacial score (nSPS) is 12.8. The molecule has 0 N–H and O–H groups in total. The average Bonchev–Trinajstić information content (AvgIpc) is 3.25. The van der Waals surface area contributed by atoms with Gasteiger partial charge in [0.25, 0.3) is 0 Å². The molecular weight excluding hydrogens is 741 g/mol. The molecule has 0 aromatic heterocycles. The van der Waals surface area contributed by atoms with Crippen molar-refractivity contribution < 1.29 is 23.8 Å². The number of allylic oxidation sites excluding steroid dienone is 12. The van der Waals surface area contributed by atoms with Crippen molar-refractivity contribution in [3.8, 4) is 0 Å². The number of unbranched alkanes of at least 4 members (excludes halogenated alkanes) is 23. The Bertz CT molecular complexity index is 1080. The molecule has 0 aliphatic carbocycles. The molecule has 1 unspecified atom stereocenters. The molecule has 0 spiro atoms.